The van der Waals surface area contributed by atoms with Crippen LogP contribution in [-0.4, -0.2) is 24.1 Å². The Labute approximate surface area is 103 Å². The van der Waals surface area contributed by atoms with E-state index < -0.39 is 0 Å². The molecule has 16 heavy (non-hydrogen) atoms. The second kappa shape index (κ2) is 5.65. The van der Waals surface area contributed by atoms with Gasteiger partial charge < -0.3 is 0 Å². The van der Waals surface area contributed by atoms with Crippen LogP contribution in [0.4, 0.5) is 0 Å². The molecule has 0 bridgehead atoms. The molecule has 1 aliphatic carbocycles. The van der Waals surface area contributed by atoms with Crippen LogP contribution in [0.2, 0.25) is 0 Å². The van der Waals surface area contributed by atoms with Gasteiger partial charge >= 0.3 is 0 Å². The topological polar surface area (TPSA) is 48.1 Å². The summed E-state index contributed by atoms with van der Waals surface area (Å²) in [4.78, 5) is 0. The minimum Gasteiger partial charge on any atom is -0.287 e. The second-order valence-electron chi connectivity index (χ2n) is 5.14. The molecule has 0 amide bonds. The van der Waals surface area contributed by atoms with Gasteiger partial charge in [-0.05, 0) is 38.5 Å². The Kier molecular flexibility index (Phi) is 4.44. The highest BCUT2D eigenvalue weighted by Gasteiger charge is 2.26. The monoisotopic (exact) mass is 246 g/mol. The van der Waals surface area contributed by atoms with E-state index in [-0.39, 0.29) is 18.1 Å². The first-order chi connectivity index (χ1) is 7.63. The van der Waals surface area contributed by atoms with Crippen molar-refractivity contribution in [1.82, 2.24) is 21.3 Å². The first kappa shape index (κ1) is 12.6. The molecule has 2 fully saturated rings. The van der Waals surface area contributed by atoms with E-state index in [2.05, 4.69) is 35.1 Å². The van der Waals surface area contributed by atoms with Crippen molar-refractivity contribution < 1.29 is 0 Å². The van der Waals surface area contributed by atoms with Crippen LogP contribution >= 0.6 is 11.6 Å². The fourth-order valence-electron chi connectivity index (χ4n) is 2.52. The van der Waals surface area contributed by atoms with E-state index in [1.165, 1.54) is 25.7 Å². The highest BCUT2D eigenvalue weighted by molar-refractivity contribution is 6.20. The Morgan fingerprint density at radius 2 is 1.69 bits per heavy atom. The van der Waals surface area contributed by atoms with Crippen LogP contribution in [0.3, 0.4) is 0 Å². The van der Waals surface area contributed by atoms with Crippen LogP contribution in [0.5, 0.6) is 0 Å². The Bertz CT molecular complexity index is 208. The lowest BCUT2D eigenvalue weighted by atomic mass is 9.87. The van der Waals surface area contributed by atoms with Crippen molar-refractivity contribution in [3.8, 4) is 0 Å². The summed E-state index contributed by atoms with van der Waals surface area (Å²) < 4.78 is 0. The van der Waals surface area contributed by atoms with Gasteiger partial charge in [-0.2, -0.15) is 0 Å². The summed E-state index contributed by atoms with van der Waals surface area (Å²) in [5.41, 5.74) is -0.156. The quantitative estimate of drug-likeness (QED) is 0.435. The predicted octanol–water partition coefficient (Wildman–Crippen LogP) is 1.09. The number of rotatable bonds is 2. The van der Waals surface area contributed by atoms with E-state index in [1.807, 2.05) is 0 Å². The maximum absolute atomic E-state index is 6.04. The molecule has 1 saturated heterocycles. The lowest BCUT2D eigenvalue weighted by Gasteiger charge is -2.38. The molecule has 1 saturated carbocycles. The Morgan fingerprint density at radius 3 is 2.31 bits per heavy atom. The zero-order chi connectivity index (χ0) is 11.5. The summed E-state index contributed by atoms with van der Waals surface area (Å²) in [6.07, 6.45) is 5.58. The van der Waals surface area contributed by atoms with Crippen molar-refractivity contribution in [3.05, 3.63) is 0 Å². The summed E-state index contributed by atoms with van der Waals surface area (Å²) in [6.45, 7) is 4.42. The summed E-state index contributed by atoms with van der Waals surface area (Å²) in [5, 5.41) is 13.4. The van der Waals surface area contributed by atoms with Gasteiger partial charge in [0.1, 0.15) is 11.9 Å². The van der Waals surface area contributed by atoms with Crippen LogP contribution in [0.25, 0.3) is 0 Å². The standard InChI is InChI=1S/C11H23ClN4/c1-7-3-5-9(6-4-7)15-11-14-8(2)13-10(12)16-11/h7-11,13-16H,3-6H2,1-2H3. The van der Waals surface area contributed by atoms with E-state index in [9.17, 15) is 0 Å². The summed E-state index contributed by atoms with van der Waals surface area (Å²) in [6, 6.07) is 0.621. The SMILES string of the molecule is CC1CCC(NC2NC(C)NC(Cl)N2)CC1. The van der Waals surface area contributed by atoms with Gasteiger partial charge in [-0.25, -0.2) is 0 Å². The van der Waals surface area contributed by atoms with E-state index in [1.54, 1.807) is 0 Å². The average molecular weight is 247 g/mol. The molecular formula is C11H23ClN4. The minimum absolute atomic E-state index is 0.122. The Hall–Kier alpha value is 0.130. The minimum atomic E-state index is -0.156. The number of alkyl halides is 1. The molecule has 3 unspecified atom stereocenters. The molecule has 2 rings (SSSR count). The average Bonchev–Trinajstić information content (AvgIpc) is 2.20. The Balaban J connectivity index is 1.76. The van der Waals surface area contributed by atoms with Gasteiger partial charge in [0.15, 0.2) is 0 Å². The smallest absolute Gasteiger partial charge is 0.138 e. The number of hydrogen-bond acceptors (Lipinski definition) is 4. The third-order valence-electron chi connectivity index (χ3n) is 3.54. The van der Waals surface area contributed by atoms with Gasteiger partial charge in [-0.3, -0.25) is 21.3 Å². The molecule has 0 spiro atoms. The Morgan fingerprint density at radius 1 is 1.00 bits per heavy atom. The first-order valence-electron chi connectivity index (χ1n) is 6.32. The third kappa shape index (κ3) is 3.57. The molecule has 0 aromatic rings. The zero-order valence-corrected chi connectivity index (χ0v) is 10.8. The largest absolute Gasteiger partial charge is 0.287 e. The maximum atomic E-state index is 6.04. The van der Waals surface area contributed by atoms with Gasteiger partial charge in [0.2, 0.25) is 0 Å². The highest BCUT2D eigenvalue weighted by Crippen LogP contribution is 2.23. The van der Waals surface area contributed by atoms with Crippen LogP contribution in [0.1, 0.15) is 39.5 Å². The van der Waals surface area contributed by atoms with E-state index in [0.29, 0.717) is 6.04 Å². The van der Waals surface area contributed by atoms with Crippen molar-refractivity contribution in [3.63, 3.8) is 0 Å². The van der Waals surface area contributed by atoms with Gasteiger partial charge in [-0.1, -0.05) is 18.5 Å². The van der Waals surface area contributed by atoms with Crippen molar-refractivity contribution in [2.24, 2.45) is 5.92 Å². The molecule has 4 nitrogen and oxygen atoms in total. The fourth-order valence-corrected chi connectivity index (χ4v) is 2.83. The summed E-state index contributed by atoms with van der Waals surface area (Å²) in [7, 11) is 0. The van der Waals surface area contributed by atoms with Gasteiger partial charge in [0.05, 0.1) is 6.17 Å². The molecule has 1 aliphatic heterocycles. The zero-order valence-electron chi connectivity index (χ0n) is 10.1. The van der Waals surface area contributed by atoms with Crippen molar-refractivity contribution in [2.45, 2.75) is 63.7 Å². The molecule has 5 heteroatoms. The molecule has 0 radical (unpaired) electrons. The lowest BCUT2D eigenvalue weighted by Crippen LogP contribution is -2.70. The van der Waals surface area contributed by atoms with Gasteiger partial charge in [0.25, 0.3) is 0 Å². The maximum Gasteiger partial charge on any atom is 0.138 e. The van der Waals surface area contributed by atoms with Crippen molar-refractivity contribution in [2.75, 3.05) is 0 Å². The third-order valence-corrected chi connectivity index (χ3v) is 3.80. The summed E-state index contributed by atoms with van der Waals surface area (Å²) >= 11 is 6.04. The van der Waals surface area contributed by atoms with Crippen molar-refractivity contribution >= 4 is 11.6 Å². The fraction of sp³-hybridized carbons (Fsp3) is 1.00. The van der Waals surface area contributed by atoms with E-state index >= 15 is 0 Å². The predicted molar refractivity (Wildman–Crippen MR) is 66.9 cm³/mol. The van der Waals surface area contributed by atoms with E-state index in [0.717, 1.165) is 5.92 Å². The molecule has 0 aromatic heterocycles. The molecule has 2 aliphatic rings. The molecule has 4 N–H and O–H groups in total. The van der Waals surface area contributed by atoms with Gasteiger partial charge in [-0.15, -0.1) is 0 Å². The molecule has 3 atom stereocenters. The van der Waals surface area contributed by atoms with Crippen LogP contribution in [-0.2, 0) is 0 Å². The lowest BCUT2D eigenvalue weighted by molar-refractivity contribution is 0.183. The van der Waals surface area contributed by atoms with Gasteiger partial charge in [0, 0.05) is 6.04 Å². The van der Waals surface area contributed by atoms with Crippen molar-refractivity contribution in [1.29, 1.82) is 0 Å². The normalized spacial score (nSPS) is 45.6. The van der Waals surface area contributed by atoms with Crippen LogP contribution in [0.15, 0.2) is 0 Å². The first-order valence-corrected chi connectivity index (χ1v) is 6.75. The molecular weight excluding hydrogens is 224 g/mol. The summed E-state index contributed by atoms with van der Waals surface area (Å²) in [5.74, 6) is 0.895. The highest BCUT2D eigenvalue weighted by atomic mass is 35.5. The molecule has 1 heterocycles. The molecule has 0 aromatic carbocycles. The van der Waals surface area contributed by atoms with E-state index in [4.69, 9.17) is 11.6 Å². The second-order valence-corrected chi connectivity index (χ2v) is 5.58. The van der Waals surface area contributed by atoms with Crippen LogP contribution < -0.4 is 21.3 Å². The number of hydrogen-bond donors (Lipinski definition) is 4. The molecule has 94 valence electrons. The number of halogens is 1. The number of nitrogens with one attached hydrogen (secondary N) is 4. The van der Waals surface area contributed by atoms with Crippen LogP contribution in [0, 0.1) is 5.92 Å².